The van der Waals surface area contributed by atoms with Crippen molar-refractivity contribution in [1.29, 1.82) is 0 Å². The molecule has 0 spiro atoms. The van der Waals surface area contributed by atoms with Gasteiger partial charge in [-0.1, -0.05) is 64.2 Å². The Kier molecular flexibility index (Phi) is 8.00. The van der Waals surface area contributed by atoms with E-state index in [1.54, 1.807) is 0 Å². The molecule has 0 bridgehead atoms. The summed E-state index contributed by atoms with van der Waals surface area (Å²) in [5, 5.41) is 0. The van der Waals surface area contributed by atoms with E-state index in [0.717, 1.165) is 19.3 Å². The molecule has 0 amide bonds. The molecule has 0 aliphatic heterocycles. The van der Waals surface area contributed by atoms with Crippen molar-refractivity contribution >= 4 is 5.97 Å². The van der Waals surface area contributed by atoms with Crippen molar-refractivity contribution in [1.82, 2.24) is 0 Å². The zero-order chi connectivity index (χ0) is 19.1. The Labute approximate surface area is 161 Å². The smallest absolute Gasteiger partial charge is 0.312 e. The van der Waals surface area contributed by atoms with Gasteiger partial charge in [0, 0.05) is 5.54 Å². The maximum atomic E-state index is 12.3. The molecule has 2 N–H and O–H groups in total. The quantitative estimate of drug-likeness (QED) is 0.291. The van der Waals surface area contributed by atoms with Crippen LogP contribution in [0.15, 0.2) is 0 Å². The van der Waals surface area contributed by atoms with Gasteiger partial charge in [-0.15, -0.1) is 0 Å². The second-order valence-electron chi connectivity index (χ2n) is 10.2. The first-order valence-corrected chi connectivity index (χ1v) is 11.3. The first-order valence-electron chi connectivity index (χ1n) is 11.3. The summed E-state index contributed by atoms with van der Waals surface area (Å²) in [6.07, 6.45) is 20.2. The van der Waals surface area contributed by atoms with E-state index < -0.39 is 0 Å². The number of hydrogen-bond acceptors (Lipinski definition) is 3. The van der Waals surface area contributed by atoms with Crippen molar-refractivity contribution in [2.75, 3.05) is 0 Å². The van der Waals surface area contributed by atoms with Gasteiger partial charge in [-0.25, -0.2) is 0 Å². The molecule has 2 rings (SSSR count). The van der Waals surface area contributed by atoms with Crippen molar-refractivity contribution in [3.8, 4) is 0 Å². The van der Waals surface area contributed by atoms with Gasteiger partial charge in [0.25, 0.3) is 0 Å². The standard InChI is InChI=1S/C23H43NO2/c1-21(2,3)26-20(25)22(16-17-22)14-12-10-8-6-4-5-7-9-11-13-15-23(24)18-19-23/h4-19,24H2,1-3H3. The molecule has 0 aromatic heterocycles. The molecule has 2 aliphatic carbocycles. The van der Waals surface area contributed by atoms with E-state index in [1.807, 2.05) is 20.8 Å². The summed E-state index contributed by atoms with van der Waals surface area (Å²) >= 11 is 0. The Morgan fingerprint density at radius 3 is 1.58 bits per heavy atom. The van der Waals surface area contributed by atoms with Gasteiger partial charge in [0.2, 0.25) is 0 Å². The second-order valence-corrected chi connectivity index (χ2v) is 10.2. The van der Waals surface area contributed by atoms with Gasteiger partial charge in [-0.3, -0.25) is 4.79 Å². The van der Waals surface area contributed by atoms with Crippen molar-refractivity contribution in [2.24, 2.45) is 11.1 Å². The van der Waals surface area contributed by atoms with E-state index in [4.69, 9.17) is 10.5 Å². The highest BCUT2D eigenvalue weighted by molar-refractivity contribution is 5.80. The molecule has 0 saturated heterocycles. The Balaban J connectivity index is 1.36. The third-order valence-corrected chi connectivity index (χ3v) is 6.16. The first kappa shape index (κ1) is 21.7. The number of rotatable bonds is 14. The van der Waals surface area contributed by atoms with Gasteiger partial charge < -0.3 is 10.5 Å². The van der Waals surface area contributed by atoms with Crippen LogP contribution in [0.3, 0.4) is 0 Å². The summed E-state index contributed by atoms with van der Waals surface area (Å²) in [7, 11) is 0. The number of carbonyl (C=O) groups is 1. The number of hydrogen-bond donors (Lipinski definition) is 1. The van der Waals surface area contributed by atoms with Crippen LogP contribution in [0.1, 0.15) is 124 Å². The average Bonchev–Trinajstić information content (AvgIpc) is 3.45. The molecular formula is C23H43NO2. The SMILES string of the molecule is CC(C)(C)OC(=O)C1(CCCCCCCCCCCCC2(N)CC2)CC1. The summed E-state index contributed by atoms with van der Waals surface area (Å²) in [5.41, 5.74) is 5.90. The summed E-state index contributed by atoms with van der Waals surface area (Å²) < 4.78 is 5.59. The van der Waals surface area contributed by atoms with Gasteiger partial charge >= 0.3 is 5.97 Å². The van der Waals surface area contributed by atoms with Crippen molar-refractivity contribution in [3.63, 3.8) is 0 Å². The molecule has 3 heteroatoms. The van der Waals surface area contributed by atoms with E-state index in [-0.39, 0.29) is 22.5 Å². The fourth-order valence-corrected chi connectivity index (χ4v) is 3.86. The maximum Gasteiger partial charge on any atom is 0.312 e. The molecule has 0 aromatic carbocycles. The number of nitrogens with two attached hydrogens (primary N) is 1. The van der Waals surface area contributed by atoms with Crippen LogP contribution in [0.4, 0.5) is 0 Å². The van der Waals surface area contributed by atoms with E-state index in [9.17, 15) is 4.79 Å². The average molecular weight is 366 g/mol. The second kappa shape index (κ2) is 9.57. The lowest BCUT2D eigenvalue weighted by Gasteiger charge is -2.23. The van der Waals surface area contributed by atoms with Crippen molar-refractivity contribution < 1.29 is 9.53 Å². The molecule has 2 saturated carbocycles. The van der Waals surface area contributed by atoms with Crippen LogP contribution in [0.2, 0.25) is 0 Å². The zero-order valence-electron chi connectivity index (χ0n) is 17.7. The number of esters is 1. The lowest BCUT2D eigenvalue weighted by Crippen LogP contribution is -2.29. The van der Waals surface area contributed by atoms with Gasteiger partial charge in [0.1, 0.15) is 5.60 Å². The van der Waals surface area contributed by atoms with Gasteiger partial charge in [-0.05, 0) is 59.3 Å². The summed E-state index contributed by atoms with van der Waals surface area (Å²) in [6, 6.07) is 0. The van der Waals surface area contributed by atoms with E-state index in [2.05, 4.69) is 0 Å². The first-order chi connectivity index (χ1) is 12.2. The Morgan fingerprint density at radius 1 is 0.769 bits per heavy atom. The fourth-order valence-electron chi connectivity index (χ4n) is 3.86. The number of carbonyl (C=O) groups excluding carboxylic acids is 1. The van der Waals surface area contributed by atoms with E-state index >= 15 is 0 Å². The summed E-state index contributed by atoms with van der Waals surface area (Å²) in [4.78, 5) is 12.3. The highest BCUT2D eigenvalue weighted by Gasteiger charge is 2.51. The van der Waals surface area contributed by atoms with Crippen LogP contribution >= 0.6 is 0 Å². The zero-order valence-corrected chi connectivity index (χ0v) is 17.7. The Hall–Kier alpha value is -0.570. The molecule has 0 radical (unpaired) electrons. The monoisotopic (exact) mass is 365 g/mol. The molecule has 2 aliphatic rings. The minimum Gasteiger partial charge on any atom is -0.460 e. The van der Waals surface area contributed by atoms with Crippen LogP contribution in [0.5, 0.6) is 0 Å². The van der Waals surface area contributed by atoms with Crippen molar-refractivity contribution in [3.05, 3.63) is 0 Å². The Bertz CT molecular complexity index is 430. The topological polar surface area (TPSA) is 52.3 Å². The molecule has 2 fully saturated rings. The summed E-state index contributed by atoms with van der Waals surface area (Å²) in [5.74, 6) is 0.0484. The van der Waals surface area contributed by atoms with Crippen LogP contribution in [-0.2, 0) is 9.53 Å². The molecule has 0 unspecified atom stereocenters. The largest absolute Gasteiger partial charge is 0.460 e. The third kappa shape index (κ3) is 8.41. The normalized spacial score (nSPS) is 20.0. The summed E-state index contributed by atoms with van der Waals surface area (Å²) in [6.45, 7) is 5.88. The Morgan fingerprint density at radius 2 is 1.19 bits per heavy atom. The minimum absolute atomic E-state index is 0.0484. The number of ether oxygens (including phenoxy) is 1. The molecule has 26 heavy (non-hydrogen) atoms. The van der Waals surface area contributed by atoms with E-state index in [1.165, 1.54) is 83.5 Å². The van der Waals surface area contributed by atoms with Gasteiger partial charge in [-0.2, -0.15) is 0 Å². The maximum absolute atomic E-state index is 12.3. The minimum atomic E-state index is -0.351. The van der Waals surface area contributed by atoms with Crippen LogP contribution < -0.4 is 5.73 Å². The van der Waals surface area contributed by atoms with Crippen molar-refractivity contribution in [2.45, 2.75) is 135 Å². The number of unbranched alkanes of at least 4 members (excludes halogenated alkanes) is 9. The van der Waals surface area contributed by atoms with Crippen LogP contribution in [-0.4, -0.2) is 17.1 Å². The predicted octanol–water partition coefficient (Wildman–Crippen LogP) is 6.28. The lowest BCUT2D eigenvalue weighted by atomic mass is 9.97. The molecular weight excluding hydrogens is 322 g/mol. The predicted molar refractivity (Wildman–Crippen MR) is 109 cm³/mol. The fraction of sp³-hybridized carbons (Fsp3) is 0.957. The molecule has 152 valence electrons. The molecule has 3 nitrogen and oxygen atoms in total. The highest BCUT2D eigenvalue weighted by atomic mass is 16.6. The lowest BCUT2D eigenvalue weighted by molar-refractivity contribution is -0.162. The van der Waals surface area contributed by atoms with Crippen LogP contribution in [0.25, 0.3) is 0 Å². The van der Waals surface area contributed by atoms with Gasteiger partial charge in [0.15, 0.2) is 0 Å². The third-order valence-electron chi connectivity index (χ3n) is 6.16. The molecule has 0 aromatic rings. The van der Waals surface area contributed by atoms with Crippen LogP contribution in [0, 0.1) is 5.41 Å². The van der Waals surface area contributed by atoms with Gasteiger partial charge in [0.05, 0.1) is 5.41 Å². The molecule has 0 atom stereocenters. The highest BCUT2D eigenvalue weighted by Crippen LogP contribution is 2.51. The van der Waals surface area contributed by atoms with E-state index in [0.29, 0.717) is 0 Å². The molecule has 0 heterocycles.